The summed E-state index contributed by atoms with van der Waals surface area (Å²) in [5, 5.41) is 7.06. The second-order valence-electron chi connectivity index (χ2n) is 4.73. The summed E-state index contributed by atoms with van der Waals surface area (Å²) in [6, 6.07) is 3.36. The number of halogens is 2. The van der Waals surface area contributed by atoms with Crippen LogP contribution in [0.15, 0.2) is 22.7 Å². The fourth-order valence-electron chi connectivity index (χ4n) is 1.86. The zero-order valence-corrected chi connectivity index (χ0v) is 11.5. The first-order chi connectivity index (χ1) is 9.58. The van der Waals surface area contributed by atoms with Crippen molar-refractivity contribution in [2.75, 3.05) is 6.54 Å². The topological polar surface area (TPSA) is 51.0 Å². The van der Waals surface area contributed by atoms with E-state index >= 15 is 0 Å². The van der Waals surface area contributed by atoms with E-state index in [-0.39, 0.29) is 17.4 Å². The molecule has 1 atom stereocenters. The van der Waals surface area contributed by atoms with Gasteiger partial charge in [0.25, 0.3) is 0 Å². The van der Waals surface area contributed by atoms with E-state index in [9.17, 15) is 8.78 Å². The van der Waals surface area contributed by atoms with Gasteiger partial charge in [-0.05, 0) is 32.0 Å². The highest BCUT2D eigenvalue weighted by atomic mass is 19.1. The Morgan fingerprint density at radius 2 is 1.95 bits per heavy atom. The number of benzene rings is 1. The first-order valence-electron chi connectivity index (χ1n) is 6.61. The molecule has 0 bridgehead atoms. The van der Waals surface area contributed by atoms with E-state index in [1.165, 1.54) is 12.1 Å². The Morgan fingerprint density at radius 3 is 2.60 bits per heavy atom. The molecule has 1 unspecified atom stereocenters. The molecule has 108 valence electrons. The highest BCUT2D eigenvalue weighted by molar-refractivity contribution is 5.54. The van der Waals surface area contributed by atoms with Gasteiger partial charge in [0.15, 0.2) is 0 Å². The van der Waals surface area contributed by atoms with Crippen LogP contribution < -0.4 is 5.32 Å². The summed E-state index contributed by atoms with van der Waals surface area (Å²) in [6.45, 7) is 5.02. The molecule has 0 aliphatic carbocycles. The number of nitrogens with one attached hydrogen (secondary N) is 1. The maximum absolute atomic E-state index is 13.1. The Morgan fingerprint density at radius 1 is 1.25 bits per heavy atom. The predicted octanol–water partition coefficient (Wildman–Crippen LogP) is 2.95. The van der Waals surface area contributed by atoms with Crippen molar-refractivity contribution in [3.05, 3.63) is 35.7 Å². The van der Waals surface area contributed by atoms with Crippen LogP contribution in [0.25, 0.3) is 11.4 Å². The van der Waals surface area contributed by atoms with E-state index in [1.54, 1.807) is 0 Å². The standard InChI is InChI=1S/C14H17F2N3O/c1-3-4-17-9(2)5-13-18-14(19-20-13)10-6-11(15)8-12(16)7-10/h6-9,17H,3-5H2,1-2H3. The average Bonchev–Trinajstić information content (AvgIpc) is 2.83. The van der Waals surface area contributed by atoms with Crippen molar-refractivity contribution < 1.29 is 13.3 Å². The molecule has 2 aromatic rings. The maximum atomic E-state index is 13.1. The smallest absolute Gasteiger partial charge is 0.228 e. The Balaban J connectivity index is 2.08. The van der Waals surface area contributed by atoms with Gasteiger partial charge in [0.1, 0.15) is 11.6 Å². The Hall–Kier alpha value is -1.82. The minimum Gasteiger partial charge on any atom is -0.339 e. The molecule has 20 heavy (non-hydrogen) atoms. The number of rotatable bonds is 6. The normalized spacial score (nSPS) is 12.6. The average molecular weight is 281 g/mol. The number of nitrogens with zero attached hydrogens (tertiary/aromatic N) is 2. The summed E-state index contributed by atoms with van der Waals surface area (Å²) in [5.74, 6) is -0.685. The lowest BCUT2D eigenvalue weighted by molar-refractivity contribution is 0.362. The van der Waals surface area contributed by atoms with Crippen molar-refractivity contribution >= 4 is 0 Å². The summed E-state index contributed by atoms with van der Waals surface area (Å²) in [5.41, 5.74) is 0.270. The van der Waals surface area contributed by atoms with Gasteiger partial charge in [-0.1, -0.05) is 12.1 Å². The Kier molecular flexibility index (Phi) is 4.79. The largest absolute Gasteiger partial charge is 0.339 e. The summed E-state index contributed by atoms with van der Waals surface area (Å²) in [7, 11) is 0. The van der Waals surface area contributed by atoms with Gasteiger partial charge >= 0.3 is 0 Å². The Labute approximate surface area is 116 Å². The molecule has 0 aliphatic rings. The van der Waals surface area contributed by atoms with E-state index in [1.807, 2.05) is 6.92 Å². The molecule has 0 radical (unpaired) electrons. The lowest BCUT2D eigenvalue weighted by Gasteiger charge is -2.09. The lowest BCUT2D eigenvalue weighted by Crippen LogP contribution is -2.28. The van der Waals surface area contributed by atoms with Crippen LogP contribution in [0.5, 0.6) is 0 Å². The molecule has 0 fully saturated rings. The molecule has 2 rings (SSSR count). The second-order valence-corrected chi connectivity index (χ2v) is 4.73. The first kappa shape index (κ1) is 14.6. The van der Waals surface area contributed by atoms with E-state index in [0.717, 1.165) is 19.0 Å². The van der Waals surface area contributed by atoms with Gasteiger partial charge in [-0.15, -0.1) is 0 Å². The van der Waals surface area contributed by atoms with Gasteiger partial charge < -0.3 is 9.84 Å². The molecule has 1 aromatic carbocycles. The predicted molar refractivity (Wildman–Crippen MR) is 71.1 cm³/mol. The van der Waals surface area contributed by atoms with Crippen molar-refractivity contribution in [3.63, 3.8) is 0 Å². The second kappa shape index (κ2) is 6.56. The number of hydrogen-bond acceptors (Lipinski definition) is 4. The molecule has 1 aromatic heterocycles. The van der Waals surface area contributed by atoms with Crippen LogP contribution in [0.1, 0.15) is 26.2 Å². The summed E-state index contributed by atoms with van der Waals surface area (Å²) < 4.78 is 31.4. The fourth-order valence-corrected chi connectivity index (χ4v) is 1.86. The summed E-state index contributed by atoms with van der Waals surface area (Å²) in [6.07, 6.45) is 1.62. The van der Waals surface area contributed by atoms with Crippen LogP contribution in [0, 0.1) is 11.6 Å². The minimum atomic E-state index is -0.663. The molecule has 1 heterocycles. The van der Waals surface area contributed by atoms with E-state index < -0.39 is 11.6 Å². The minimum absolute atomic E-state index is 0.195. The van der Waals surface area contributed by atoms with E-state index in [4.69, 9.17) is 4.52 Å². The molecule has 4 nitrogen and oxygen atoms in total. The third-order valence-electron chi connectivity index (χ3n) is 2.81. The van der Waals surface area contributed by atoms with Crippen molar-refractivity contribution in [2.45, 2.75) is 32.7 Å². The van der Waals surface area contributed by atoms with Gasteiger partial charge in [-0.25, -0.2) is 8.78 Å². The monoisotopic (exact) mass is 281 g/mol. The zero-order valence-electron chi connectivity index (χ0n) is 11.5. The van der Waals surface area contributed by atoms with Crippen molar-refractivity contribution in [3.8, 4) is 11.4 Å². The van der Waals surface area contributed by atoms with Crippen molar-refractivity contribution in [1.29, 1.82) is 0 Å². The lowest BCUT2D eigenvalue weighted by atomic mass is 10.2. The zero-order chi connectivity index (χ0) is 14.5. The van der Waals surface area contributed by atoms with Crippen LogP contribution in [-0.4, -0.2) is 22.7 Å². The van der Waals surface area contributed by atoms with Crippen LogP contribution in [-0.2, 0) is 6.42 Å². The third-order valence-corrected chi connectivity index (χ3v) is 2.81. The molecule has 1 N–H and O–H groups in total. The first-order valence-corrected chi connectivity index (χ1v) is 6.61. The SMILES string of the molecule is CCCNC(C)Cc1nc(-c2cc(F)cc(F)c2)no1. The quantitative estimate of drug-likeness (QED) is 0.884. The number of aromatic nitrogens is 2. The van der Waals surface area contributed by atoms with Gasteiger partial charge in [0.2, 0.25) is 11.7 Å². The van der Waals surface area contributed by atoms with Crippen LogP contribution >= 0.6 is 0 Å². The van der Waals surface area contributed by atoms with Gasteiger partial charge in [-0.2, -0.15) is 4.98 Å². The highest BCUT2D eigenvalue weighted by Gasteiger charge is 2.13. The number of hydrogen-bond donors (Lipinski definition) is 1. The molecular formula is C14H17F2N3O. The fraction of sp³-hybridized carbons (Fsp3) is 0.429. The van der Waals surface area contributed by atoms with Gasteiger partial charge in [-0.3, -0.25) is 0 Å². The molecule has 0 spiro atoms. The van der Waals surface area contributed by atoms with Gasteiger partial charge in [0.05, 0.1) is 0 Å². The molecule has 0 amide bonds. The summed E-state index contributed by atoms with van der Waals surface area (Å²) >= 11 is 0. The maximum Gasteiger partial charge on any atom is 0.228 e. The summed E-state index contributed by atoms with van der Waals surface area (Å²) in [4.78, 5) is 4.16. The third kappa shape index (κ3) is 3.84. The van der Waals surface area contributed by atoms with E-state index in [2.05, 4.69) is 22.4 Å². The van der Waals surface area contributed by atoms with Crippen molar-refractivity contribution in [1.82, 2.24) is 15.5 Å². The van der Waals surface area contributed by atoms with E-state index in [0.29, 0.717) is 12.3 Å². The van der Waals surface area contributed by atoms with Gasteiger partial charge in [0, 0.05) is 24.1 Å². The molecule has 0 saturated heterocycles. The van der Waals surface area contributed by atoms with Crippen molar-refractivity contribution in [2.24, 2.45) is 0 Å². The Bertz CT molecular complexity index is 551. The van der Waals surface area contributed by atoms with Crippen LogP contribution in [0.4, 0.5) is 8.78 Å². The molecule has 0 saturated carbocycles. The molecule has 6 heteroatoms. The molecular weight excluding hydrogens is 264 g/mol. The van der Waals surface area contributed by atoms with Crippen LogP contribution in [0.3, 0.4) is 0 Å². The highest BCUT2D eigenvalue weighted by Crippen LogP contribution is 2.19. The van der Waals surface area contributed by atoms with Crippen LogP contribution in [0.2, 0.25) is 0 Å². The molecule has 0 aliphatic heterocycles.